The smallest absolute Gasteiger partial charge is 0.193 e. The van der Waals surface area contributed by atoms with Crippen molar-refractivity contribution >= 4 is 11.5 Å². The Labute approximate surface area is 124 Å². The highest BCUT2D eigenvalue weighted by Crippen LogP contribution is 2.21. The number of carbonyl (C=O) groups is 1. The van der Waals surface area contributed by atoms with Crippen LogP contribution in [0.25, 0.3) is 0 Å². The average molecular weight is 281 g/mol. The molecule has 0 radical (unpaired) electrons. The molecule has 0 aliphatic carbocycles. The van der Waals surface area contributed by atoms with Crippen molar-refractivity contribution in [3.05, 3.63) is 59.7 Å². The molecule has 0 unspecified atom stereocenters. The topological polar surface area (TPSA) is 40.5 Å². The van der Waals surface area contributed by atoms with Crippen LogP contribution in [0.4, 0.5) is 5.69 Å². The molecule has 1 aliphatic rings. The van der Waals surface area contributed by atoms with Crippen molar-refractivity contribution in [2.75, 3.05) is 18.0 Å². The Balaban J connectivity index is 1.77. The highest BCUT2D eigenvalue weighted by atomic mass is 16.3. The number of anilines is 1. The zero-order valence-corrected chi connectivity index (χ0v) is 12.0. The van der Waals surface area contributed by atoms with E-state index in [1.165, 1.54) is 37.1 Å². The van der Waals surface area contributed by atoms with Crippen LogP contribution in [0.3, 0.4) is 0 Å². The van der Waals surface area contributed by atoms with Gasteiger partial charge >= 0.3 is 0 Å². The predicted molar refractivity (Wildman–Crippen MR) is 84.0 cm³/mol. The van der Waals surface area contributed by atoms with Crippen molar-refractivity contribution in [2.24, 2.45) is 0 Å². The number of benzene rings is 2. The molecule has 3 rings (SSSR count). The molecular weight excluding hydrogens is 262 g/mol. The van der Waals surface area contributed by atoms with Crippen molar-refractivity contribution in [1.29, 1.82) is 0 Å². The standard InChI is InChI=1S/C18H19NO2/c20-17-10-6-15(7-11-17)18(21)14-4-8-16(9-5-14)19-12-2-1-3-13-19/h4-11,20H,1-3,12-13H2. The van der Waals surface area contributed by atoms with E-state index in [0.29, 0.717) is 11.1 Å². The molecule has 0 aromatic heterocycles. The Hall–Kier alpha value is -2.29. The molecule has 2 aromatic carbocycles. The fourth-order valence-corrected chi connectivity index (χ4v) is 2.76. The van der Waals surface area contributed by atoms with Gasteiger partial charge in [0.2, 0.25) is 0 Å². The Morgan fingerprint density at radius 2 is 1.33 bits per heavy atom. The van der Waals surface area contributed by atoms with E-state index >= 15 is 0 Å². The molecule has 0 spiro atoms. The minimum atomic E-state index is -0.0137. The summed E-state index contributed by atoms with van der Waals surface area (Å²) < 4.78 is 0. The van der Waals surface area contributed by atoms with E-state index in [2.05, 4.69) is 4.90 Å². The Kier molecular flexibility index (Phi) is 3.91. The summed E-state index contributed by atoms with van der Waals surface area (Å²) in [6.07, 6.45) is 3.80. The Morgan fingerprint density at radius 3 is 1.90 bits per heavy atom. The maximum absolute atomic E-state index is 12.3. The molecule has 1 heterocycles. The van der Waals surface area contributed by atoms with Gasteiger partial charge in [-0.1, -0.05) is 0 Å². The highest BCUT2D eigenvalue weighted by molar-refractivity contribution is 6.09. The van der Waals surface area contributed by atoms with Gasteiger partial charge in [-0.2, -0.15) is 0 Å². The minimum Gasteiger partial charge on any atom is -0.508 e. The first-order valence-electron chi connectivity index (χ1n) is 7.43. The third kappa shape index (κ3) is 3.07. The van der Waals surface area contributed by atoms with Crippen LogP contribution < -0.4 is 4.90 Å². The van der Waals surface area contributed by atoms with Gasteiger partial charge in [-0.15, -0.1) is 0 Å². The molecule has 0 saturated carbocycles. The molecule has 0 amide bonds. The van der Waals surface area contributed by atoms with Crippen LogP contribution in [-0.2, 0) is 0 Å². The van der Waals surface area contributed by atoms with Crippen LogP contribution >= 0.6 is 0 Å². The molecule has 1 aliphatic heterocycles. The van der Waals surface area contributed by atoms with Gasteiger partial charge in [0, 0.05) is 29.9 Å². The molecule has 0 bridgehead atoms. The lowest BCUT2D eigenvalue weighted by Gasteiger charge is -2.28. The lowest BCUT2D eigenvalue weighted by atomic mass is 10.0. The van der Waals surface area contributed by atoms with Gasteiger partial charge in [0.25, 0.3) is 0 Å². The van der Waals surface area contributed by atoms with Crippen LogP contribution in [0.5, 0.6) is 5.75 Å². The van der Waals surface area contributed by atoms with E-state index in [0.717, 1.165) is 13.1 Å². The number of hydrogen-bond donors (Lipinski definition) is 1. The number of ketones is 1. The second kappa shape index (κ2) is 6.00. The normalized spacial score (nSPS) is 15.0. The zero-order chi connectivity index (χ0) is 14.7. The first-order chi connectivity index (χ1) is 10.2. The van der Waals surface area contributed by atoms with E-state index in [-0.39, 0.29) is 11.5 Å². The van der Waals surface area contributed by atoms with E-state index in [1.807, 2.05) is 24.3 Å². The van der Waals surface area contributed by atoms with Crippen LogP contribution in [-0.4, -0.2) is 24.0 Å². The summed E-state index contributed by atoms with van der Waals surface area (Å²) in [5.41, 5.74) is 2.47. The molecule has 3 nitrogen and oxygen atoms in total. The molecule has 3 heteroatoms. The van der Waals surface area contributed by atoms with Crippen molar-refractivity contribution in [3.8, 4) is 5.75 Å². The quantitative estimate of drug-likeness (QED) is 0.874. The van der Waals surface area contributed by atoms with Gasteiger partial charge in [0.15, 0.2) is 5.78 Å². The number of aromatic hydroxyl groups is 1. The van der Waals surface area contributed by atoms with Gasteiger partial charge in [0.1, 0.15) is 5.75 Å². The second-order valence-electron chi connectivity index (χ2n) is 5.47. The summed E-state index contributed by atoms with van der Waals surface area (Å²) in [5.74, 6) is 0.159. The number of phenols is 1. The van der Waals surface area contributed by atoms with Crippen molar-refractivity contribution < 1.29 is 9.90 Å². The Morgan fingerprint density at radius 1 is 0.810 bits per heavy atom. The number of phenolic OH excluding ortho intramolecular Hbond substituents is 1. The molecular formula is C18H19NO2. The van der Waals surface area contributed by atoms with Crippen LogP contribution in [0.15, 0.2) is 48.5 Å². The number of piperidine rings is 1. The number of nitrogens with zero attached hydrogens (tertiary/aromatic N) is 1. The number of carbonyl (C=O) groups excluding carboxylic acids is 1. The van der Waals surface area contributed by atoms with Crippen molar-refractivity contribution in [3.63, 3.8) is 0 Å². The van der Waals surface area contributed by atoms with Gasteiger partial charge in [-0.25, -0.2) is 0 Å². The van der Waals surface area contributed by atoms with Crippen molar-refractivity contribution in [2.45, 2.75) is 19.3 Å². The van der Waals surface area contributed by atoms with Gasteiger partial charge in [-0.3, -0.25) is 4.79 Å². The highest BCUT2D eigenvalue weighted by Gasteiger charge is 2.13. The fourth-order valence-electron chi connectivity index (χ4n) is 2.76. The van der Waals surface area contributed by atoms with E-state index in [9.17, 15) is 9.90 Å². The van der Waals surface area contributed by atoms with Crippen molar-refractivity contribution in [1.82, 2.24) is 0 Å². The summed E-state index contributed by atoms with van der Waals surface area (Å²) in [6.45, 7) is 2.20. The summed E-state index contributed by atoms with van der Waals surface area (Å²) in [7, 11) is 0. The molecule has 108 valence electrons. The van der Waals surface area contributed by atoms with E-state index < -0.39 is 0 Å². The molecule has 1 saturated heterocycles. The monoisotopic (exact) mass is 281 g/mol. The summed E-state index contributed by atoms with van der Waals surface area (Å²) in [6, 6.07) is 14.2. The number of rotatable bonds is 3. The maximum atomic E-state index is 12.3. The van der Waals surface area contributed by atoms with Crippen LogP contribution in [0.1, 0.15) is 35.2 Å². The average Bonchev–Trinajstić information content (AvgIpc) is 2.56. The SMILES string of the molecule is O=C(c1ccc(O)cc1)c1ccc(N2CCCCC2)cc1. The molecule has 1 N–H and O–H groups in total. The zero-order valence-electron chi connectivity index (χ0n) is 12.0. The third-order valence-electron chi connectivity index (χ3n) is 3.98. The van der Waals surface area contributed by atoms with Crippen LogP contribution in [0, 0.1) is 0 Å². The molecule has 21 heavy (non-hydrogen) atoms. The van der Waals surface area contributed by atoms with Gasteiger partial charge < -0.3 is 10.0 Å². The maximum Gasteiger partial charge on any atom is 0.193 e. The summed E-state index contributed by atoms with van der Waals surface area (Å²) >= 11 is 0. The van der Waals surface area contributed by atoms with E-state index in [4.69, 9.17) is 0 Å². The first kappa shape index (κ1) is 13.7. The van der Waals surface area contributed by atoms with Gasteiger partial charge in [-0.05, 0) is 67.8 Å². The largest absolute Gasteiger partial charge is 0.508 e. The number of hydrogen-bond acceptors (Lipinski definition) is 3. The lowest BCUT2D eigenvalue weighted by molar-refractivity contribution is 0.103. The molecule has 1 fully saturated rings. The third-order valence-corrected chi connectivity index (χ3v) is 3.98. The molecule has 2 aromatic rings. The van der Waals surface area contributed by atoms with Crippen LogP contribution in [0.2, 0.25) is 0 Å². The molecule has 0 atom stereocenters. The summed E-state index contributed by atoms with van der Waals surface area (Å²) in [5, 5.41) is 9.27. The Bertz CT molecular complexity index is 611. The summed E-state index contributed by atoms with van der Waals surface area (Å²) in [4.78, 5) is 14.7. The lowest BCUT2D eigenvalue weighted by Crippen LogP contribution is -2.29. The van der Waals surface area contributed by atoms with Gasteiger partial charge in [0.05, 0.1) is 0 Å². The second-order valence-corrected chi connectivity index (χ2v) is 5.47. The van der Waals surface area contributed by atoms with E-state index in [1.54, 1.807) is 12.1 Å². The first-order valence-corrected chi connectivity index (χ1v) is 7.43. The predicted octanol–water partition coefficient (Wildman–Crippen LogP) is 3.61. The minimum absolute atomic E-state index is 0.0137. The fraction of sp³-hybridized carbons (Fsp3) is 0.278.